The number of fused-ring (bicyclic) bond motifs is 1. The van der Waals surface area contributed by atoms with Gasteiger partial charge in [-0.05, 0) is 52.9 Å². The van der Waals surface area contributed by atoms with E-state index in [9.17, 15) is 13.2 Å². The third-order valence-electron chi connectivity index (χ3n) is 6.18. The Kier molecular flexibility index (Phi) is 7.30. The lowest BCUT2D eigenvalue weighted by atomic mass is 9.89. The average molecular weight is 540 g/mol. The van der Waals surface area contributed by atoms with Gasteiger partial charge in [0.05, 0.1) is 6.61 Å². The number of aromatic nitrogens is 3. The van der Waals surface area contributed by atoms with Crippen molar-refractivity contribution in [2.45, 2.75) is 24.8 Å². The minimum atomic E-state index is -4.81. The highest BCUT2D eigenvalue weighted by atomic mass is 19.4. The van der Waals surface area contributed by atoms with Gasteiger partial charge in [0.15, 0.2) is 5.65 Å². The summed E-state index contributed by atoms with van der Waals surface area (Å²) in [6.07, 6.45) is -6.87. The Morgan fingerprint density at radius 2 is 1.28 bits per heavy atom. The molecule has 2 heterocycles. The van der Waals surface area contributed by atoms with E-state index in [0.717, 1.165) is 27.7 Å². The van der Waals surface area contributed by atoms with Gasteiger partial charge in [-0.15, -0.1) is 23.4 Å². The zero-order valence-electron chi connectivity index (χ0n) is 20.4. The van der Waals surface area contributed by atoms with Crippen LogP contribution in [0.2, 0.25) is 0 Å². The molecule has 5 aromatic rings. The second-order valence-electron chi connectivity index (χ2n) is 8.77. The zero-order valence-corrected chi connectivity index (χ0v) is 20.4. The van der Waals surface area contributed by atoms with Crippen LogP contribution >= 0.6 is 0 Å². The monoisotopic (exact) mass is 539 g/mol. The molecular weight excluding hydrogens is 517 g/mol. The first-order valence-electron chi connectivity index (χ1n) is 12.0. The lowest BCUT2D eigenvalue weighted by Gasteiger charge is -2.20. The topological polar surface area (TPSA) is 48.7 Å². The fourth-order valence-corrected chi connectivity index (χ4v) is 4.38. The van der Waals surface area contributed by atoms with E-state index in [4.69, 9.17) is 4.74 Å². The van der Waals surface area contributed by atoms with Gasteiger partial charge in [-0.25, -0.2) is 0 Å². The molecule has 2 aromatic heterocycles. The standard InChI is InChI=1S/C29H22F5N3O2/c30-28(31,38-18-17-25(21-7-3-1-4-8-21)22-9-5-2-6-10-22)27-36-35-26-16-13-23(19-37(26)27)20-11-14-24(15-12-20)39-29(32,33)34/h1-16,19,25H,17-18H2. The van der Waals surface area contributed by atoms with Gasteiger partial charge in [-0.1, -0.05) is 72.8 Å². The van der Waals surface area contributed by atoms with Crippen molar-refractivity contribution < 1.29 is 31.4 Å². The number of rotatable bonds is 9. The van der Waals surface area contributed by atoms with Crippen LogP contribution < -0.4 is 4.74 Å². The molecule has 5 rings (SSSR count). The molecule has 10 heteroatoms. The highest BCUT2D eigenvalue weighted by Gasteiger charge is 2.39. The maximum atomic E-state index is 15.3. The van der Waals surface area contributed by atoms with Crippen molar-refractivity contribution in [3.63, 3.8) is 0 Å². The Balaban J connectivity index is 1.34. The third kappa shape index (κ3) is 6.23. The predicted molar refractivity (Wildman–Crippen MR) is 134 cm³/mol. The minimum Gasteiger partial charge on any atom is -0.406 e. The highest BCUT2D eigenvalue weighted by Crippen LogP contribution is 2.33. The van der Waals surface area contributed by atoms with Crippen molar-refractivity contribution in [3.05, 3.63) is 120 Å². The van der Waals surface area contributed by atoms with E-state index in [0.29, 0.717) is 17.5 Å². The minimum absolute atomic E-state index is 0.144. The van der Waals surface area contributed by atoms with E-state index in [2.05, 4.69) is 14.9 Å². The van der Waals surface area contributed by atoms with Gasteiger partial charge < -0.3 is 9.47 Å². The number of hydrogen-bond donors (Lipinski definition) is 0. The first kappa shape index (κ1) is 26.3. The number of nitrogens with zero attached hydrogens (tertiary/aromatic N) is 3. The summed E-state index contributed by atoms with van der Waals surface area (Å²) in [5.74, 6) is -1.23. The molecule has 0 N–H and O–H groups in total. The van der Waals surface area contributed by atoms with E-state index in [1.807, 2.05) is 60.7 Å². The Labute approximate surface area is 220 Å². The van der Waals surface area contributed by atoms with Gasteiger partial charge >= 0.3 is 12.5 Å². The van der Waals surface area contributed by atoms with E-state index >= 15 is 8.78 Å². The van der Waals surface area contributed by atoms with Crippen LogP contribution in [0, 0.1) is 0 Å². The Morgan fingerprint density at radius 3 is 1.87 bits per heavy atom. The normalized spacial score (nSPS) is 12.3. The summed E-state index contributed by atoms with van der Waals surface area (Å²) in [4.78, 5) is 0. The smallest absolute Gasteiger partial charge is 0.406 e. The number of pyridine rings is 1. The maximum absolute atomic E-state index is 15.3. The number of alkyl halides is 5. The molecule has 0 fully saturated rings. The van der Waals surface area contributed by atoms with Gasteiger partial charge in [-0.3, -0.25) is 4.40 Å². The molecule has 0 aliphatic rings. The number of hydrogen-bond acceptors (Lipinski definition) is 4. The fraction of sp³-hybridized carbons (Fsp3) is 0.172. The molecule has 39 heavy (non-hydrogen) atoms. The molecule has 0 atom stereocenters. The van der Waals surface area contributed by atoms with Crippen molar-refractivity contribution in [2.24, 2.45) is 0 Å². The Bertz CT molecular complexity index is 1480. The SMILES string of the molecule is FC(F)(F)Oc1ccc(-c2ccc3nnc(C(F)(F)OCCC(c4ccccc4)c4ccccc4)n3c2)cc1. The summed E-state index contributed by atoms with van der Waals surface area (Å²) in [5.41, 5.74) is 3.09. The van der Waals surface area contributed by atoms with Gasteiger partial charge in [-0.2, -0.15) is 8.78 Å². The fourth-order valence-electron chi connectivity index (χ4n) is 4.38. The summed E-state index contributed by atoms with van der Waals surface area (Å²) in [6, 6.07) is 27.4. The Hall–Kier alpha value is -4.31. The van der Waals surface area contributed by atoms with Gasteiger partial charge in [0, 0.05) is 12.1 Å². The summed E-state index contributed by atoms with van der Waals surface area (Å²) in [5, 5.41) is 7.48. The van der Waals surface area contributed by atoms with Gasteiger partial charge in [0.1, 0.15) is 5.75 Å². The van der Waals surface area contributed by atoms with Gasteiger partial charge in [0.2, 0.25) is 5.82 Å². The lowest BCUT2D eigenvalue weighted by Crippen LogP contribution is -2.23. The summed E-state index contributed by atoms with van der Waals surface area (Å²) in [6.45, 7) is -0.253. The first-order chi connectivity index (χ1) is 18.7. The van der Waals surface area contributed by atoms with Crippen LogP contribution in [0.15, 0.2) is 103 Å². The summed E-state index contributed by atoms with van der Waals surface area (Å²) >= 11 is 0. The number of ether oxygens (including phenoxy) is 2. The van der Waals surface area contributed by atoms with Crippen molar-refractivity contribution >= 4 is 5.65 Å². The van der Waals surface area contributed by atoms with Crippen LogP contribution in [0.3, 0.4) is 0 Å². The van der Waals surface area contributed by atoms with Crippen LogP contribution in [0.1, 0.15) is 29.3 Å². The van der Waals surface area contributed by atoms with E-state index in [-0.39, 0.29) is 23.9 Å². The van der Waals surface area contributed by atoms with E-state index < -0.39 is 18.3 Å². The zero-order chi connectivity index (χ0) is 27.5. The van der Waals surface area contributed by atoms with E-state index in [1.54, 1.807) is 6.07 Å². The molecular formula is C29H22F5N3O2. The second kappa shape index (κ2) is 10.8. The van der Waals surface area contributed by atoms with Crippen LogP contribution in [0.4, 0.5) is 22.0 Å². The molecule has 0 unspecified atom stereocenters. The van der Waals surface area contributed by atoms with Crippen molar-refractivity contribution in [2.75, 3.05) is 6.61 Å². The van der Waals surface area contributed by atoms with Crippen molar-refractivity contribution in [3.8, 4) is 16.9 Å². The van der Waals surface area contributed by atoms with Crippen LogP contribution in [0.5, 0.6) is 5.75 Å². The molecule has 200 valence electrons. The quantitative estimate of drug-likeness (QED) is 0.181. The molecule has 5 nitrogen and oxygen atoms in total. The molecule has 0 amide bonds. The van der Waals surface area contributed by atoms with Crippen LogP contribution in [-0.4, -0.2) is 27.6 Å². The molecule has 0 aliphatic heterocycles. The molecule has 0 radical (unpaired) electrons. The largest absolute Gasteiger partial charge is 0.573 e. The molecule has 3 aromatic carbocycles. The molecule has 0 saturated heterocycles. The van der Waals surface area contributed by atoms with Crippen LogP contribution in [-0.2, 0) is 10.8 Å². The second-order valence-corrected chi connectivity index (χ2v) is 8.77. The van der Waals surface area contributed by atoms with Gasteiger partial charge in [0.25, 0.3) is 0 Å². The van der Waals surface area contributed by atoms with Crippen molar-refractivity contribution in [1.82, 2.24) is 14.6 Å². The predicted octanol–water partition coefficient (Wildman–Crippen LogP) is 7.58. The summed E-state index contributed by atoms with van der Waals surface area (Å²) < 4.78 is 77.9. The highest BCUT2D eigenvalue weighted by molar-refractivity contribution is 5.65. The molecule has 0 saturated carbocycles. The molecule has 0 spiro atoms. The van der Waals surface area contributed by atoms with Crippen LogP contribution in [0.25, 0.3) is 16.8 Å². The average Bonchev–Trinajstić information content (AvgIpc) is 3.36. The lowest BCUT2D eigenvalue weighted by molar-refractivity contribution is -0.274. The number of benzene rings is 3. The number of halogens is 5. The Morgan fingerprint density at radius 1 is 0.692 bits per heavy atom. The molecule has 0 aliphatic carbocycles. The van der Waals surface area contributed by atoms with Crippen molar-refractivity contribution in [1.29, 1.82) is 0 Å². The van der Waals surface area contributed by atoms with E-state index in [1.165, 1.54) is 24.4 Å². The third-order valence-corrected chi connectivity index (χ3v) is 6.18. The summed E-state index contributed by atoms with van der Waals surface area (Å²) in [7, 11) is 0. The molecule has 0 bridgehead atoms. The maximum Gasteiger partial charge on any atom is 0.573 e. The first-order valence-corrected chi connectivity index (χ1v) is 12.0.